The lowest BCUT2D eigenvalue weighted by atomic mass is 9.89. The summed E-state index contributed by atoms with van der Waals surface area (Å²) in [7, 11) is 0. The molecule has 0 bridgehead atoms. The van der Waals surface area contributed by atoms with E-state index < -0.39 is 0 Å². The Labute approximate surface area is 206 Å². The van der Waals surface area contributed by atoms with Gasteiger partial charge in [0, 0.05) is 41.1 Å². The highest BCUT2D eigenvalue weighted by Crippen LogP contribution is 2.34. The van der Waals surface area contributed by atoms with Gasteiger partial charge in [0.15, 0.2) is 0 Å². The van der Waals surface area contributed by atoms with Crippen molar-refractivity contribution < 1.29 is 9.53 Å². The minimum absolute atomic E-state index is 0.0893. The summed E-state index contributed by atoms with van der Waals surface area (Å²) in [5.74, 6) is 1.30. The van der Waals surface area contributed by atoms with Crippen LogP contribution in [0.25, 0.3) is 11.3 Å². The Morgan fingerprint density at radius 2 is 1.76 bits per heavy atom. The van der Waals surface area contributed by atoms with E-state index in [2.05, 4.69) is 70.5 Å². The minimum atomic E-state index is -0.236. The third kappa shape index (κ3) is 6.64. The first kappa shape index (κ1) is 26.3. The van der Waals surface area contributed by atoms with Gasteiger partial charge in [0.1, 0.15) is 5.82 Å². The fourth-order valence-corrected chi connectivity index (χ4v) is 4.67. The lowest BCUT2D eigenvalue weighted by Crippen LogP contribution is -2.21. The highest BCUT2D eigenvalue weighted by atomic mass is 16.5. The topological polar surface area (TPSA) is 56.1 Å². The Hall–Kier alpha value is -2.30. The van der Waals surface area contributed by atoms with Gasteiger partial charge < -0.3 is 14.6 Å². The van der Waals surface area contributed by atoms with Crippen LogP contribution in [-0.4, -0.2) is 28.7 Å². The van der Waals surface area contributed by atoms with Crippen LogP contribution in [0.3, 0.4) is 0 Å². The van der Waals surface area contributed by atoms with E-state index in [0.717, 1.165) is 41.6 Å². The van der Waals surface area contributed by atoms with Crippen LogP contribution in [0.1, 0.15) is 102 Å². The average molecular weight is 468 g/mol. The predicted molar refractivity (Wildman–Crippen MR) is 142 cm³/mol. The van der Waals surface area contributed by atoms with E-state index in [0.29, 0.717) is 18.1 Å². The van der Waals surface area contributed by atoms with Gasteiger partial charge in [-0.2, -0.15) is 0 Å². The molecule has 0 saturated heterocycles. The highest BCUT2D eigenvalue weighted by molar-refractivity contribution is 5.93. The molecule has 2 heterocycles. The molecular formula is C29H45N3O2. The second-order valence-corrected chi connectivity index (χ2v) is 12.2. The van der Waals surface area contributed by atoms with Crippen molar-refractivity contribution in [3.8, 4) is 11.3 Å². The van der Waals surface area contributed by atoms with Crippen molar-refractivity contribution in [1.29, 1.82) is 0 Å². The van der Waals surface area contributed by atoms with Crippen molar-refractivity contribution >= 4 is 11.8 Å². The normalized spacial score (nSPS) is 15.4. The summed E-state index contributed by atoms with van der Waals surface area (Å²) in [4.78, 5) is 17.8. The van der Waals surface area contributed by atoms with Crippen LogP contribution in [-0.2, 0) is 16.7 Å². The Morgan fingerprint density at radius 1 is 1.09 bits per heavy atom. The predicted octanol–water partition coefficient (Wildman–Crippen LogP) is 7.37. The summed E-state index contributed by atoms with van der Waals surface area (Å²) < 4.78 is 7.76. The van der Waals surface area contributed by atoms with Crippen molar-refractivity contribution in [1.82, 2.24) is 9.55 Å². The molecule has 0 aromatic carbocycles. The Kier molecular flexibility index (Phi) is 8.15. The molecule has 1 fully saturated rings. The van der Waals surface area contributed by atoms with Crippen molar-refractivity contribution in [2.24, 2.45) is 11.3 Å². The van der Waals surface area contributed by atoms with Gasteiger partial charge in [-0.1, -0.05) is 60.8 Å². The number of aromatic nitrogens is 2. The number of esters is 1. The van der Waals surface area contributed by atoms with E-state index in [4.69, 9.17) is 9.72 Å². The van der Waals surface area contributed by atoms with Gasteiger partial charge in [-0.3, -0.25) is 0 Å². The Morgan fingerprint density at radius 3 is 2.35 bits per heavy atom. The molecule has 1 aliphatic carbocycles. The van der Waals surface area contributed by atoms with Crippen LogP contribution in [0, 0.1) is 18.3 Å². The summed E-state index contributed by atoms with van der Waals surface area (Å²) in [6, 6.07) is 6.37. The number of nitrogens with one attached hydrogen (secondary N) is 1. The first-order valence-electron chi connectivity index (χ1n) is 13.0. The molecule has 34 heavy (non-hydrogen) atoms. The molecule has 2 aromatic rings. The molecule has 3 rings (SSSR count). The van der Waals surface area contributed by atoms with Crippen molar-refractivity contribution in [2.75, 3.05) is 18.5 Å². The van der Waals surface area contributed by atoms with Crippen molar-refractivity contribution in [3.63, 3.8) is 0 Å². The third-order valence-corrected chi connectivity index (χ3v) is 6.72. The van der Waals surface area contributed by atoms with Crippen molar-refractivity contribution in [3.05, 3.63) is 35.2 Å². The largest absolute Gasteiger partial charge is 0.462 e. The molecule has 5 nitrogen and oxygen atoms in total. The smallest absolute Gasteiger partial charge is 0.339 e. The maximum absolute atomic E-state index is 12.8. The number of rotatable bonds is 7. The summed E-state index contributed by atoms with van der Waals surface area (Å²) in [5, 5.41) is 3.56. The fraction of sp³-hybridized carbons (Fsp3) is 0.655. The number of carbonyl (C=O) groups is 1. The zero-order valence-electron chi connectivity index (χ0n) is 22.7. The molecule has 5 heteroatoms. The van der Waals surface area contributed by atoms with E-state index >= 15 is 0 Å². The lowest BCUT2D eigenvalue weighted by Gasteiger charge is -2.25. The number of anilines is 1. The summed E-state index contributed by atoms with van der Waals surface area (Å²) >= 11 is 0. The first-order valence-corrected chi connectivity index (χ1v) is 13.0. The summed E-state index contributed by atoms with van der Waals surface area (Å²) in [6.45, 7) is 19.3. The van der Waals surface area contributed by atoms with Crippen LogP contribution in [0.15, 0.2) is 18.2 Å². The average Bonchev–Trinajstić information content (AvgIpc) is 3.08. The molecule has 1 N–H and O–H groups in total. The third-order valence-electron chi connectivity index (χ3n) is 6.72. The number of pyridine rings is 1. The Balaban J connectivity index is 2.11. The monoisotopic (exact) mass is 467 g/mol. The van der Waals surface area contributed by atoms with Crippen LogP contribution in [0.5, 0.6) is 0 Å². The SMILES string of the molecule is CCOC(=O)c1cc(-c2cc(NCC(C)(C)C)nc(C(C)(C)C)c2)n(CC2CCCCC2)c1C. The number of nitrogens with zero attached hydrogens (tertiary/aromatic N) is 2. The minimum Gasteiger partial charge on any atom is -0.462 e. The molecule has 0 radical (unpaired) electrons. The second-order valence-electron chi connectivity index (χ2n) is 12.2. The summed E-state index contributed by atoms with van der Waals surface area (Å²) in [6.07, 6.45) is 6.45. The van der Waals surface area contributed by atoms with E-state index in [9.17, 15) is 4.79 Å². The van der Waals surface area contributed by atoms with Gasteiger partial charge in [0.2, 0.25) is 0 Å². The van der Waals surface area contributed by atoms with Crippen LogP contribution >= 0.6 is 0 Å². The molecule has 188 valence electrons. The number of hydrogen-bond donors (Lipinski definition) is 1. The maximum atomic E-state index is 12.8. The van der Waals surface area contributed by atoms with Crippen LogP contribution in [0.4, 0.5) is 5.82 Å². The zero-order chi connectivity index (χ0) is 25.1. The zero-order valence-corrected chi connectivity index (χ0v) is 22.7. The van der Waals surface area contributed by atoms with E-state index in [1.54, 1.807) is 0 Å². The van der Waals surface area contributed by atoms with E-state index in [1.807, 2.05) is 13.0 Å². The molecular weight excluding hydrogens is 422 g/mol. The highest BCUT2D eigenvalue weighted by Gasteiger charge is 2.25. The number of hydrogen-bond acceptors (Lipinski definition) is 4. The molecule has 1 saturated carbocycles. The van der Waals surface area contributed by atoms with Gasteiger partial charge in [0.25, 0.3) is 0 Å². The number of carbonyl (C=O) groups excluding carboxylic acids is 1. The maximum Gasteiger partial charge on any atom is 0.339 e. The summed E-state index contributed by atoms with van der Waals surface area (Å²) in [5.41, 5.74) is 4.96. The van der Waals surface area contributed by atoms with Crippen LogP contribution in [0.2, 0.25) is 0 Å². The van der Waals surface area contributed by atoms with Crippen LogP contribution < -0.4 is 5.32 Å². The molecule has 0 spiro atoms. The van der Waals surface area contributed by atoms with Crippen molar-refractivity contribution in [2.45, 2.75) is 99.5 Å². The van der Waals surface area contributed by atoms with E-state index in [-0.39, 0.29) is 16.8 Å². The molecule has 1 aliphatic rings. The lowest BCUT2D eigenvalue weighted by molar-refractivity contribution is 0.0525. The van der Waals surface area contributed by atoms with Gasteiger partial charge >= 0.3 is 5.97 Å². The van der Waals surface area contributed by atoms with Gasteiger partial charge in [-0.05, 0) is 56.2 Å². The van der Waals surface area contributed by atoms with E-state index in [1.165, 1.54) is 32.1 Å². The van der Waals surface area contributed by atoms with Gasteiger partial charge in [-0.25, -0.2) is 9.78 Å². The van der Waals surface area contributed by atoms with Gasteiger partial charge in [0.05, 0.1) is 12.2 Å². The quantitative estimate of drug-likeness (QED) is 0.432. The fourth-order valence-electron chi connectivity index (χ4n) is 4.67. The molecule has 0 atom stereocenters. The molecule has 0 amide bonds. The first-order chi connectivity index (χ1) is 15.9. The molecule has 0 aliphatic heterocycles. The standard InChI is InChI=1S/C29H45N3O2/c1-9-34-27(33)23-17-24(32(20(23)2)18-21-13-11-10-12-14-21)22-15-25(29(6,7)8)31-26(16-22)30-19-28(3,4)5/h15-17,21H,9-14,18-19H2,1-8H3,(H,30,31). The molecule has 2 aromatic heterocycles. The second kappa shape index (κ2) is 10.5. The molecule has 0 unspecified atom stereocenters. The van der Waals surface area contributed by atoms with Gasteiger partial charge in [-0.15, -0.1) is 0 Å². The number of ether oxygens (including phenoxy) is 1. The Bertz CT molecular complexity index is 986.